The van der Waals surface area contributed by atoms with Gasteiger partial charge in [0.15, 0.2) is 0 Å². The highest BCUT2D eigenvalue weighted by molar-refractivity contribution is 7.90. The van der Waals surface area contributed by atoms with Crippen LogP contribution in [0, 0.1) is 0 Å². The van der Waals surface area contributed by atoms with Crippen LogP contribution in [-0.4, -0.2) is 29.3 Å². The standard InChI is InChI=1S/C8H14N2O3S/c1-3-4-10-7(6-11)5-9-8(10)14(2,12)13/h5,11H,3-4,6H2,1-2H3. The van der Waals surface area contributed by atoms with Crippen molar-refractivity contribution >= 4 is 9.84 Å². The van der Waals surface area contributed by atoms with Crippen LogP contribution in [0.15, 0.2) is 11.4 Å². The van der Waals surface area contributed by atoms with Gasteiger partial charge in [-0.15, -0.1) is 0 Å². The second kappa shape index (κ2) is 4.10. The topological polar surface area (TPSA) is 72.2 Å². The van der Waals surface area contributed by atoms with Gasteiger partial charge in [0, 0.05) is 12.8 Å². The zero-order valence-corrected chi connectivity index (χ0v) is 9.08. The Hall–Kier alpha value is -0.880. The van der Waals surface area contributed by atoms with Crippen molar-refractivity contribution in [3.8, 4) is 0 Å². The number of sulfone groups is 1. The fraction of sp³-hybridized carbons (Fsp3) is 0.625. The molecule has 0 aliphatic heterocycles. The molecule has 0 atom stereocenters. The number of nitrogens with zero attached hydrogens (tertiary/aromatic N) is 2. The minimum atomic E-state index is -3.30. The second-order valence-corrected chi connectivity index (χ2v) is 5.02. The lowest BCUT2D eigenvalue weighted by Gasteiger charge is -2.07. The molecule has 1 heterocycles. The number of hydrogen-bond donors (Lipinski definition) is 1. The molecule has 0 saturated carbocycles. The monoisotopic (exact) mass is 218 g/mol. The molecule has 0 radical (unpaired) electrons. The molecule has 80 valence electrons. The van der Waals surface area contributed by atoms with Gasteiger partial charge >= 0.3 is 0 Å². The van der Waals surface area contributed by atoms with Gasteiger partial charge < -0.3 is 9.67 Å². The normalized spacial score (nSPS) is 11.9. The number of aliphatic hydroxyl groups is 1. The molecule has 1 rings (SSSR count). The average molecular weight is 218 g/mol. The third-order valence-electron chi connectivity index (χ3n) is 1.84. The Morgan fingerprint density at radius 3 is 2.64 bits per heavy atom. The van der Waals surface area contributed by atoms with E-state index in [1.807, 2.05) is 6.92 Å². The first-order valence-electron chi connectivity index (χ1n) is 4.36. The third-order valence-corrected chi connectivity index (χ3v) is 2.83. The van der Waals surface area contributed by atoms with Crippen LogP contribution in [0.3, 0.4) is 0 Å². The molecule has 0 unspecified atom stereocenters. The van der Waals surface area contributed by atoms with Crippen LogP contribution in [-0.2, 0) is 23.0 Å². The Bertz CT molecular complexity index is 408. The van der Waals surface area contributed by atoms with Gasteiger partial charge in [-0.3, -0.25) is 0 Å². The Morgan fingerprint density at radius 1 is 1.57 bits per heavy atom. The van der Waals surface area contributed by atoms with E-state index in [9.17, 15) is 8.42 Å². The maximum absolute atomic E-state index is 11.3. The molecular formula is C8H14N2O3S. The first kappa shape index (κ1) is 11.2. The first-order chi connectivity index (χ1) is 6.50. The molecule has 6 heteroatoms. The van der Waals surface area contributed by atoms with Crippen LogP contribution in [0.25, 0.3) is 0 Å². The van der Waals surface area contributed by atoms with Crippen molar-refractivity contribution in [2.75, 3.05) is 6.26 Å². The average Bonchev–Trinajstić information content (AvgIpc) is 2.47. The predicted octanol–water partition coefficient (Wildman–Crippen LogP) is 0.189. The van der Waals surface area contributed by atoms with E-state index in [0.29, 0.717) is 12.2 Å². The number of hydrogen-bond acceptors (Lipinski definition) is 4. The third kappa shape index (κ3) is 2.13. The van der Waals surface area contributed by atoms with Crippen molar-refractivity contribution < 1.29 is 13.5 Å². The van der Waals surface area contributed by atoms with E-state index in [-0.39, 0.29) is 11.8 Å². The van der Waals surface area contributed by atoms with Crippen LogP contribution in [0.5, 0.6) is 0 Å². The molecule has 0 fully saturated rings. The van der Waals surface area contributed by atoms with Crippen LogP contribution in [0.4, 0.5) is 0 Å². The largest absolute Gasteiger partial charge is 0.390 e. The molecule has 14 heavy (non-hydrogen) atoms. The van der Waals surface area contributed by atoms with E-state index < -0.39 is 9.84 Å². The van der Waals surface area contributed by atoms with E-state index in [0.717, 1.165) is 12.7 Å². The minimum Gasteiger partial charge on any atom is -0.390 e. The lowest BCUT2D eigenvalue weighted by atomic mass is 10.4. The molecule has 0 aliphatic carbocycles. The van der Waals surface area contributed by atoms with Gasteiger partial charge in [-0.2, -0.15) is 0 Å². The van der Waals surface area contributed by atoms with Gasteiger partial charge in [-0.05, 0) is 6.42 Å². The SMILES string of the molecule is CCCn1c(CO)cnc1S(C)(=O)=O. The zero-order chi connectivity index (χ0) is 10.8. The summed E-state index contributed by atoms with van der Waals surface area (Å²) in [6.45, 7) is 2.30. The second-order valence-electron chi connectivity index (χ2n) is 3.11. The summed E-state index contributed by atoms with van der Waals surface area (Å²) in [5, 5.41) is 9.00. The minimum absolute atomic E-state index is 0.0309. The van der Waals surface area contributed by atoms with E-state index in [2.05, 4.69) is 4.98 Å². The molecule has 1 aromatic rings. The van der Waals surface area contributed by atoms with Crippen molar-refractivity contribution in [1.29, 1.82) is 0 Å². The lowest BCUT2D eigenvalue weighted by molar-refractivity contribution is 0.268. The molecule has 0 aromatic carbocycles. The van der Waals surface area contributed by atoms with Gasteiger partial charge in [0.2, 0.25) is 15.0 Å². The summed E-state index contributed by atoms with van der Waals surface area (Å²) < 4.78 is 24.1. The van der Waals surface area contributed by atoms with Crippen LogP contribution < -0.4 is 0 Å². The molecule has 0 amide bonds. The van der Waals surface area contributed by atoms with Gasteiger partial charge in [0.25, 0.3) is 0 Å². The van der Waals surface area contributed by atoms with Crippen LogP contribution >= 0.6 is 0 Å². The van der Waals surface area contributed by atoms with E-state index >= 15 is 0 Å². The van der Waals surface area contributed by atoms with Crippen molar-refractivity contribution in [3.63, 3.8) is 0 Å². The number of aromatic nitrogens is 2. The summed E-state index contributed by atoms with van der Waals surface area (Å²) >= 11 is 0. The molecule has 5 nitrogen and oxygen atoms in total. The fourth-order valence-electron chi connectivity index (χ4n) is 1.28. The van der Waals surface area contributed by atoms with Crippen molar-refractivity contribution in [1.82, 2.24) is 9.55 Å². The Kier molecular flexibility index (Phi) is 3.28. The highest BCUT2D eigenvalue weighted by Gasteiger charge is 2.17. The number of rotatable bonds is 4. The summed E-state index contributed by atoms with van der Waals surface area (Å²) in [5.41, 5.74) is 0.535. The van der Waals surface area contributed by atoms with Crippen molar-refractivity contribution in [3.05, 3.63) is 11.9 Å². The predicted molar refractivity (Wildman–Crippen MR) is 51.6 cm³/mol. The molecule has 1 N–H and O–H groups in total. The summed E-state index contributed by atoms with van der Waals surface area (Å²) in [6, 6.07) is 0. The molecular weight excluding hydrogens is 204 g/mol. The fourth-order valence-corrected chi connectivity index (χ4v) is 2.13. The quantitative estimate of drug-likeness (QED) is 0.783. The van der Waals surface area contributed by atoms with Crippen LogP contribution in [0.1, 0.15) is 19.0 Å². The Balaban J connectivity index is 3.24. The van der Waals surface area contributed by atoms with E-state index in [4.69, 9.17) is 5.11 Å². The summed E-state index contributed by atoms with van der Waals surface area (Å²) in [5.74, 6) is 0. The molecule has 0 aliphatic rings. The van der Waals surface area contributed by atoms with Crippen molar-refractivity contribution in [2.45, 2.75) is 31.7 Å². The highest BCUT2D eigenvalue weighted by atomic mass is 32.2. The van der Waals surface area contributed by atoms with E-state index in [1.165, 1.54) is 10.8 Å². The highest BCUT2D eigenvalue weighted by Crippen LogP contribution is 2.11. The molecule has 0 saturated heterocycles. The van der Waals surface area contributed by atoms with Crippen LogP contribution in [0.2, 0.25) is 0 Å². The first-order valence-corrected chi connectivity index (χ1v) is 6.25. The summed E-state index contributed by atoms with van der Waals surface area (Å²) in [7, 11) is -3.30. The maximum atomic E-state index is 11.3. The Morgan fingerprint density at radius 2 is 2.21 bits per heavy atom. The smallest absolute Gasteiger partial charge is 0.227 e. The van der Waals surface area contributed by atoms with Gasteiger partial charge in [0.1, 0.15) is 0 Å². The Labute approximate surface area is 83.3 Å². The number of imidazole rings is 1. The molecule has 0 bridgehead atoms. The maximum Gasteiger partial charge on any atom is 0.227 e. The van der Waals surface area contributed by atoms with Crippen molar-refractivity contribution in [2.24, 2.45) is 0 Å². The molecule has 0 spiro atoms. The van der Waals surface area contributed by atoms with E-state index in [1.54, 1.807) is 0 Å². The molecule has 1 aromatic heterocycles. The van der Waals surface area contributed by atoms with Gasteiger partial charge in [0.05, 0.1) is 18.5 Å². The lowest BCUT2D eigenvalue weighted by Crippen LogP contribution is -2.11. The van der Waals surface area contributed by atoms with Gasteiger partial charge in [-0.25, -0.2) is 13.4 Å². The summed E-state index contributed by atoms with van der Waals surface area (Å²) in [6.07, 6.45) is 3.31. The summed E-state index contributed by atoms with van der Waals surface area (Å²) in [4.78, 5) is 3.79. The zero-order valence-electron chi connectivity index (χ0n) is 8.27. The number of aliphatic hydroxyl groups excluding tert-OH is 1. The van der Waals surface area contributed by atoms with Gasteiger partial charge in [-0.1, -0.05) is 6.92 Å².